The third-order valence-electron chi connectivity index (χ3n) is 3.17. The van der Waals surface area contributed by atoms with Gasteiger partial charge in [-0.25, -0.2) is 4.79 Å². The second-order valence-corrected chi connectivity index (χ2v) is 4.81. The predicted molar refractivity (Wildman–Crippen MR) is 87.8 cm³/mol. The second-order valence-electron chi connectivity index (χ2n) is 4.81. The third-order valence-corrected chi connectivity index (χ3v) is 3.17. The lowest BCUT2D eigenvalue weighted by Gasteiger charge is -2.02. The van der Waals surface area contributed by atoms with Crippen molar-refractivity contribution < 1.29 is 14.3 Å². The molecule has 0 radical (unpaired) electrons. The molecule has 0 aliphatic rings. The number of carbonyl (C=O) groups is 2. The number of methoxy groups -OCH3 is 1. The van der Waals surface area contributed by atoms with Crippen molar-refractivity contribution in [1.82, 2.24) is 10.3 Å². The van der Waals surface area contributed by atoms with Crippen molar-refractivity contribution in [3.63, 3.8) is 0 Å². The van der Waals surface area contributed by atoms with E-state index in [0.29, 0.717) is 18.5 Å². The molecule has 0 saturated heterocycles. The number of hydrogen-bond acceptors (Lipinski definition) is 4. The summed E-state index contributed by atoms with van der Waals surface area (Å²) in [4.78, 5) is 27.2. The number of aromatic nitrogens is 1. The van der Waals surface area contributed by atoms with Gasteiger partial charge in [-0.1, -0.05) is 18.2 Å². The van der Waals surface area contributed by atoms with Crippen LogP contribution in [-0.4, -0.2) is 30.5 Å². The van der Waals surface area contributed by atoms with Crippen LogP contribution in [0.15, 0.2) is 54.7 Å². The zero-order valence-electron chi connectivity index (χ0n) is 12.9. The number of nitrogens with zero attached hydrogens (tertiary/aromatic N) is 1. The van der Waals surface area contributed by atoms with Crippen LogP contribution in [-0.2, 0) is 16.0 Å². The van der Waals surface area contributed by atoms with E-state index in [1.807, 2.05) is 18.2 Å². The average molecular weight is 310 g/mol. The molecule has 23 heavy (non-hydrogen) atoms. The lowest BCUT2D eigenvalue weighted by Crippen LogP contribution is -2.23. The Kier molecular flexibility index (Phi) is 6.06. The normalized spacial score (nSPS) is 10.5. The summed E-state index contributed by atoms with van der Waals surface area (Å²) < 4.78 is 4.63. The van der Waals surface area contributed by atoms with Gasteiger partial charge in [0.15, 0.2) is 0 Å². The van der Waals surface area contributed by atoms with Gasteiger partial charge < -0.3 is 10.1 Å². The van der Waals surface area contributed by atoms with Crippen LogP contribution in [0.1, 0.15) is 21.6 Å². The van der Waals surface area contributed by atoms with Crippen LogP contribution in [0, 0.1) is 0 Å². The minimum absolute atomic E-state index is 0.169. The molecule has 0 bridgehead atoms. The van der Waals surface area contributed by atoms with Gasteiger partial charge in [-0.2, -0.15) is 0 Å². The maximum absolute atomic E-state index is 11.7. The zero-order chi connectivity index (χ0) is 16.5. The summed E-state index contributed by atoms with van der Waals surface area (Å²) in [5.74, 6) is -0.550. The van der Waals surface area contributed by atoms with Crippen LogP contribution in [0.5, 0.6) is 0 Å². The van der Waals surface area contributed by atoms with Crippen LogP contribution in [0.4, 0.5) is 0 Å². The largest absolute Gasteiger partial charge is 0.465 e. The van der Waals surface area contributed by atoms with Gasteiger partial charge in [-0.05, 0) is 35.9 Å². The molecule has 2 rings (SSSR count). The maximum Gasteiger partial charge on any atom is 0.337 e. The van der Waals surface area contributed by atoms with E-state index >= 15 is 0 Å². The van der Waals surface area contributed by atoms with Crippen LogP contribution >= 0.6 is 0 Å². The molecule has 1 N–H and O–H groups in total. The van der Waals surface area contributed by atoms with E-state index in [2.05, 4.69) is 15.0 Å². The quantitative estimate of drug-likeness (QED) is 0.656. The number of amides is 1. The fourth-order valence-corrected chi connectivity index (χ4v) is 1.94. The molecule has 0 unspecified atom stereocenters. The molecule has 0 fully saturated rings. The zero-order valence-corrected chi connectivity index (χ0v) is 12.9. The summed E-state index contributed by atoms with van der Waals surface area (Å²) in [6.45, 7) is 0.529. The molecule has 5 nitrogen and oxygen atoms in total. The predicted octanol–water partition coefficient (Wildman–Crippen LogP) is 2.24. The number of pyridine rings is 1. The van der Waals surface area contributed by atoms with E-state index < -0.39 is 0 Å². The Morgan fingerprint density at radius 3 is 2.61 bits per heavy atom. The lowest BCUT2D eigenvalue weighted by atomic mass is 10.1. The van der Waals surface area contributed by atoms with E-state index in [-0.39, 0.29) is 11.9 Å². The van der Waals surface area contributed by atoms with Gasteiger partial charge >= 0.3 is 5.97 Å². The summed E-state index contributed by atoms with van der Waals surface area (Å²) in [7, 11) is 1.34. The summed E-state index contributed by atoms with van der Waals surface area (Å²) in [5, 5.41) is 2.80. The lowest BCUT2D eigenvalue weighted by molar-refractivity contribution is -0.116. The minimum Gasteiger partial charge on any atom is -0.465 e. The van der Waals surface area contributed by atoms with Crippen molar-refractivity contribution in [2.24, 2.45) is 0 Å². The minimum atomic E-state index is -0.382. The molecule has 1 aromatic heterocycles. The molecule has 0 spiro atoms. The number of esters is 1. The van der Waals surface area contributed by atoms with Crippen molar-refractivity contribution >= 4 is 18.0 Å². The number of benzene rings is 1. The highest BCUT2D eigenvalue weighted by Crippen LogP contribution is 2.07. The van der Waals surface area contributed by atoms with Crippen LogP contribution < -0.4 is 5.32 Å². The smallest absolute Gasteiger partial charge is 0.337 e. The number of rotatable bonds is 6. The Morgan fingerprint density at radius 1 is 1.17 bits per heavy atom. The summed E-state index contributed by atoms with van der Waals surface area (Å²) in [6.07, 6.45) is 5.58. The highest BCUT2D eigenvalue weighted by atomic mass is 16.5. The highest BCUT2D eigenvalue weighted by Gasteiger charge is 2.03. The standard InChI is InChI=1S/C18H18N2O3/c1-23-18(22)15-8-5-14(6-9-15)7-10-17(21)20-13-11-16-4-2-3-12-19-16/h2-10,12H,11,13H2,1H3,(H,20,21). The SMILES string of the molecule is COC(=O)c1ccc(C=CC(=O)NCCc2ccccn2)cc1. The van der Waals surface area contributed by atoms with Crippen LogP contribution in [0.3, 0.4) is 0 Å². The monoisotopic (exact) mass is 310 g/mol. The van der Waals surface area contributed by atoms with Crippen molar-refractivity contribution in [3.05, 3.63) is 71.6 Å². The number of nitrogens with one attached hydrogen (secondary N) is 1. The molecule has 1 heterocycles. The van der Waals surface area contributed by atoms with Gasteiger partial charge in [0.2, 0.25) is 5.91 Å². The van der Waals surface area contributed by atoms with E-state index in [4.69, 9.17) is 0 Å². The first-order valence-corrected chi connectivity index (χ1v) is 7.23. The van der Waals surface area contributed by atoms with E-state index in [9.17, 15) is 9.59 Å². The van der Waals surface area contributed by atoms with Gasteiger partial charge in [0.05, 0.1) is 12.7 Å². The molecular formula is C18H18N2O3. The Hall–Kier alpha value is -2.95. The molecule has 5 heteroatoms. The van der Waals surface area contributed by atoms with Gasteiger partial charge in [0, 0.05) is 30.9 Å². The van der Waals surface area contributed by atoms with Crippen molar-refractivity contribution in [2.45, 2.75) is 6.42 Å². The highest BCUT2D eigenvalue weighted by molar-refractivity contribution is 5.92. The van der Waals surface area contributed by atoms with E-state index in [1.165, 1.54) is 13.2 Å². The van der Waals surface area contributed by atoms with E-state index in [1.54, 1.807) is 36.5 Å². The molecule has 1 aromatic carbocycles. The summed E-state index contributed by atoms with van der Waals surface area (Å²) in [5.41, 5.74) is 2.25. The number of ether oxygens (including phenoxy) is 1. The van der Waals surface area contributed by atoms with Crippen LogP contribution in [0.25, 0.3) is 6.08 Å². The average Bonchev–Trinajstić information content (AvgIpc) is 2.60. The van der Waals surface area contributed by atoms with Crippen molar-refractivity contribution in [3.8, 4) is 0 Å². The second kappa shape index (κ2) is 8.48. The Balaban J connectivity index is 1.80. The molecule has 1 amide bonds. The molecule has 0 saturated carbocycles. The van der Waals surface area contributed by atoms with Gasteiger partial charge in [0.1, 0.15) is 0 Å². The molecule has 0 aliphatic carbocycles. The fourth-order valence-electron chi connectivity index (χ4n) is 1.94. The molecular weight excluding hydrogens is 292 g/mol. The maximum atomic E-state index is 11.7. The molecule has 0 aliphatic heterocycles. The number of carbonyl (C=O) groups excluding carboxylic acids is 2. The topological polar surface area (TPSA) is 68.3 Å². The molecule has 118 valence electrons. The van der Waals surface area contributed by atoms with Crippen LogP contribution in [0.2, 0.25) is 0 Å². The van der Waals surface area contributed by atoms with Gasteiger partial charge in [0.25, 0.3) is 0 Å². The number of hydrogen-bond donors (Lipinski definition) is 1. The molecule has 2 aromatic rings. The molecule has 0 atom stereocenters. The summed E-state index contributed by atoms with van der Waals surface area (Å²) in [6, 6.07) is 12.5. The van der Waals surface area contributed by atoms with Gasteiger partial charge in [-0.3, -0.25) is 9.78 Å². The van der Waals surface area contributed by atoms with E-state index in [0.717, 1.165) is 11.3 Å². The first kappa shape index (κ1) is 16.4. The first-order chi connectivity index (χ1) is 11.2. The Bertz CT molecular complexity index is 679. The first-order valence-electron chi connectivity index (χ1n) is 7.23. The van der Waals surface area contributed by atoms with Gasteiger partial charge in [-0.15, -0.1) is 0 Å². The third kappa shape index (κ3) is 5.39. The summed E-state index contributed by atoms with van der Waals surface area (Å²) >= 11 is 0. The Morgan fingerprint density at radius 2 is 1.96 bits per heavy atom. The van der Waals surface area contributed by atoms with Crippen molar-refractivity contribution in [2.75, 3.05) is 13.7 Å². The van der Waals surface area contributed by atoms with Crippen molar-refractivity contribution in [1.29, 1.82) is 0 Å². The fraction of sp³-hybridized carbons (Fsp3) is 0.167. The Labute approximate surface area is 135 Å².